The predicted octanol–water partition coefficient (Wildman–Crippen LogP) is 4.75. The average Bonchev–Trinajstić information content (AvgIpc) is 3.36. The molecule has 0 amide bonds. The molecule has 0 aliphatic heterocycles. The highest BCUT2D eigenvalue weighted by Crippen LogP contribution is 2.37. The normalized spacial score (nSPS) is 15.9. The van der Waals surface area contributed by atoms with Crippen molar-refractivity contribution < 1.29 is 0 Å². The Morgan fingerprint density at radius 1 is 1.14 bits per heavy atom. The fourth-order valence-electron chi connectivity index (χ4n) is 4.30. The van der Waals surface area contributed by atoms with E-state index in [1.54, 1.807) is 16.7 Å². The average molecular weight is 402 g/mol. The number of nitrogens with zero attached hydrogens (tertiary/aromatic N) is 3. The van der Waals surface area contributed by atoms with Crippen molar-refractivity contribution in [1.82, 2.24) is 14.3 Å². The summed E-state index contributed by atoms with van der Waals surface area (Å²) >= 11 is 1.50. The Balaban J connectivity index is 1.50. The smallest absolute Gasteiger partial charge is 0.258 e. The number of hydrogen-bond donors (Lipinski definition) is 0. The van der Waals surface area contributed by atoms with E-state index in [-0.39, 0.29) is 5.56 Å². The van der Waals surface area contributed by atoms with Gasteiger partial charge in [-0.05, 0) is 36.5 Å². The minimum absolute atomic E-state index is 0.00615. The van der Waals surface area contributed by atoms with Crippen molar-refractivity contribution in [2.75, 3.05) is 0 Å². The van der Waals surface area contributed by atoms with Gasteiger partial charge in [0.1, 0.15) is 0 Å². The monoisotopic (exact) mass is 401 g/mol. The molecule has 1 aliphatic rings. The Kier molecular flexibility index (Phi) is 4.78. The van der Waals surface area contributed by atoms with Gasteiger partial charge in [0.25, 0.3) is 5.56 Å². The number of aromatic nitrogens is 2. The highest BCUT2D eigenvalue weighted by Gasteiger charge is 2.28. The Bertz CT molecular complexity index is 1210. The van der Waals surface area contributed by atoms with E-state index in [2.05, 4.69) is 60.4 Å². The van der Waals surface area contributed by atoms with Gasteiger partial charge in [0, 0.05) is 36.8 Å². The third kappa shape index (κ3) is 3.63. The highest BCUT2D eigenvalue weighted by molar-refractivity contribution is 7.15. The van der Waals surface area contributed by atoms with Gasteiger partial charge < -0.3 is 0 Å². The molecule has 0 N–H and O–H groups in total. The van der Waals surface area contributed by atoms with Gasteiger partial charge >= 0.3 is 0 Å². The van der Waals surface area contributed by atoms with Gasteiger partial charge in [-0.25, -0.2) is 4.98 Å². The Hall–Kier alpha value is -2.76. The lowest BCUT2D eigenvalue weighted by Gasteiger charge is -2.29. The van der Waals surface area contributed by atoms with Crippen molar-refractivity contribution in [3.63, 3.8) is 0 Å². The van der Waals surface area contributed by atoms with E-state index in [9.17, 15) is 4.79 Å². The van der Waals surface area contributed by atoms with Crippen LogP contribution in [0.4, 0.5) is 0 Å². The molecule has 2 aromatic carbocycles. The van der Waals surface area contributed by atoms with E-state index < -0.39 is 0 Å². The Labute approximate surface area is 174 Å². The third-order valence-corrected chi connectivity index (χ3v) is 6.53. The summed E-state index contributed by atoms with van der Waals surface area (Å²) in [5.74, 6) is 0. The quantitative estimate of drug-likeness (QED) is 0.484. The molecule has 4 aromatic rings. The number of hydrogen-bond acceptors (Lipinski definition) is 4. The van der Waals surface area contributed by atoms with Gasteiger partial charge in [-0.15, -0.1) is 11.3 Å². The molecule has 5 rings (SSSR count). The molecule has 0 bridgehead atoms. The first kappa shape index (κ1) is 18.3. The molecule has 1 aliphatic carbocycles. The van der Waals surface area contributed by atoms with Gasteiger partial charge in [-0.3, -0.25) is 14.1 Å². The molecule has 5 heteroatoms. The van der Waals surface area contributed by atoms with Crippen molar-refractivity contribution in [2.24, 2.45) is 0 Å². The summed E-state index contributed by atoms with van der Waals surface area (Å²) in [5.41, 5.74) is 6.24. The zero-order chi connectivity index (χ0) is 19.8. The van der Waals surface area contributed by atoms with Crippen molar-refractivity contribution >= 4 is 16.3 Å². The second kappa shape index (κ2) is 7.58. The fourth-order valence-corrected chi connectivity index (χ4v) is 5.03. The number of aryl methyl sites for hydroxylation is 2. The summed E-state index contributed by atoms with van der Waals surface area (Å²) in [4.78, 5) is 20.5. The number of benzene rings is 2. The summed E-state index contributed by atoms with van der Waals surface area (Å²) in [6, 6.07) is 19.5. The molecule has 0 saturated heterocycles. The molecule has 0 saturated carbocycles. The van der Waals surface area contributed by atoms with Gasteiger partial charge in [-0.1, -0.05) is 54.1 Å². The molecule has 2 aromatic heterocycles. The molecule has 0 fully saturated rings. The summed E-state index contributed by atoms with van der Waals surface area (Å²) < 4.78 is 1.61. The van der Waals surface area contributed by atoms with E-state index in [1.165, 1.54) is 33.6 Å². The van der Waals surface area contributed by atoms with Crippen LogP contribution in [0.25, 0.3) is 4.96 Å². The van der Waals surface area contributed by atoms with E-state index in [1.807, 2.05) is 5.38 Å². The number of rotatable bonds is 5. The van der Waals surface area contributed by atoms with Crippen LogP contribution < -0.4 is 5.56 Å². The first-order chi connectivity index (χ1) is 14.2. The first-order valence-electron chi connectivity index (χ1n) is 10.0. The van der Waals surface area contributed by atoms with Crippen LogP contribution >= 0.6 is 11.3 Å². The van der Waals surface area contributed by atoms with E-state index in [0.29, 0.717) is 12.6 Å². The lowest BCUT2D eigenvalue weighted by atomic mass is 10.0. The number of thiazole rings is 1. The van der Waals surface area contributed by atoms with E-state index in [0.717, 1.165) is 30.0 Å². The molecule has 0 unspecified atom stereocenters. The van der Waals surface area contributed by atoms with Crippen molar-refractivity contribution in [1.29, 1.82) is 0 Å². The molecule has 0 radical (unpaired) electrons. The van der Waals surface area contributed by atoms with Gasteiger partial charge in [0.15, 0.2) is 4.96 Å². The van der Waals surface area contributed by atoms with Crippen molar-refractivity contribution in [3.05, 3.63) is 104 Å². The van der Waals surface area contributed by atoms with Crippen molar-refractivity contribution in [2.45, 2.75) is 38.9 Å². The maximum absolute atomic E-state index is 12.5. The maximum Gasteiger partial charge on any atom is 0.258 e. The maximum atomic E-state index is 12.5. The molecule has 146 valence electrons. The second-order valence-corrected chi connectivity index (χ2v) is 8.66. The van der Waals surface area contributed by atoms with Crippen molar-refractivity contribution in [3.8, 4) is 0 Å². The zero-order valence-corrected chi connectivity index (χ0v) is 17.2. The van der Waals surface area contributed by atoms with Gasteiger partial charge in [-0.2, -0.15) is 0 Å². The zero-order valence-electron chi connectivity index (χ0n) is 16.4. The largest absolute Gasteiger partial charge is 0.286 e. The summed E-state index contributed by atoms with van der Waals surface area (Å²) in [6.45, 7) is 3.61. The van der Waals surface area contributed by atoms with Crippen LogP contribution in [-0.4, -0.2) is 14.3 Å². The van der Waals surface area contributed by atoms with E-state index >= 15 is 0 Å². The van der Waals surface area contributed by atoms with Crippen LogP contribution in [0.1, 0.15) is 40.4 Å². The van der Waals surface area contributed by atoms with Crippen LogP contribution in [-0.2, 0) is 19.5 Å². The van der Waals surface area contributed by atoms with Crippen LogP contribution in [0, 0.1) is 6.92 Å². The fraction of sp³-hybridized carbons (Fsp3) is 0.250. The standard InChI is InChI=1S/C24H23N3OS/c1-17-6-8-18(9-7-17)15-26(22-11-10-19-4-2-3-5-21(19)22)16-20-14-23(28)27-12-13-29-24(27)25-20/h2-9,12-14,22H,10-11,15-16H2,1H3/t22-/m1/s1. The third-order valence-electron chi connectivity index (χ3n) is 5.77. The Morgan fingerprint density at radius 2 is 1.97 bits per heavy atom. The molecule has 4 nitrogen and oxygen atoms in total. The topological polar surface area (TPSA) is 37.6 Å². The second-order valence-electron chi connectivity index (χ2n) is 7.79. The molecular formula is C24H23N3OS. The van der Waals surface area contributed by atoms with Crippen LogP contribution in [0.3, 0.4) is 0 Å². The lowest BCUT2D eigenvalue weighted by Crippen LogP contribution is -2.28. The van der Waals surface area contributed by atoms with E-state index in [4.69, 9.17) is 4.98 Å². The van der Waals surface area contributed by atoms with Gasteiger partial charge in [0.05, 0.1) is 5.69 Å². The van der Waals surface area contributed by atoms with Crippen LogP contribution in [0.5, 0.6) is 0 Å². The minimum Gasteiger partial charge on any atom is -0.286 e. The van der Waals surface area contributed by atoms with Gasteiger partial charge in [0.2, 0.25) is 0 Å². The minimum atomic E-state index is -0.00615. The predicted molar refractivity (Wildman–Crippen MR) is 117 cm³/mol. The van der Waals surface area contributed by atoms with Crippen LogP contribution in [0.2, 0.25) is 0 Å². The molecule has 29 heavy (non-hydrogen) atoms. The molecule has 2 heterocycles. The lowest BCUT2D eigenvalue weighted by molar-refractivity contribution is 0.176. The Morgan fingerprint density at radius 3 is 2.83 bits per heavy atom. The van der Waals surface area contributed by atoms with Crippen LogP contribution in [0.15, 0.2) is 71.0 Å². The SMILES string of the molecule is Cc1ccc(CN(Cc2cc(=O)n3ccsc3n2)[C@@H]2CCc3ccccc32)cc1. The number of fused-ring (bicyclic) bond motifs is 2. The summed E-state index contributed by atoms with van der Waals surface area (Å²) in [7, 11) is 0. The first-order valence-corrected chi connectivity index (χ1v) is 10.9. The summed E-state index contributed by atoms with van der Waals surface area (Å²) in [6.07, 6.45) is 3.99. The summed E-state index contributed by atoms with van der Waals surface area (Å²) in [5, 5.41) is 1.91. The molecule has 1 atom stereocenters. The highest BCUT2D eigenvalue weighted by atomic mass is 32.1. The molecular weight excluding hydrogens is 378 g/mol. The molecule has 0 spiro atoms.